The van der Waals surface area contributed by atoms with Gasteiger partial charge in [0.25, 0.3) is 0 Å². The van der Waals surface area contributed by atoms with Crippen molar-refractivity contribution in [3.05, 3.63) is 60.2 Å². The number of hydrogen-bond donors (Lipinski definition) is 3. The maximum atomic E-state index is 12.2. The van der Waals surface area contributed by atoms with Crippen molar-refractivity contribution in [1.82, 2.24) is 10.0 Å². The second-order valence-corrected chi connectivity index (χ2v) is 7.06. The van der Waals surface area contributed by atoms with Gasteiger partial charge in [-0.1, -0.05) is 30.3 Å². The molecule has 0 saturated heterocycles. The number of sulfonamides is 1. The number of benzene rings is 2. The van der Waals surface area contributed by atoms with Gasteiger partial charge < -0.3 is 10.6 Å². The molecule has 2 aromatic rings. The standard InChI is InChI=1S/C17H19N3O4S/c1-13(21)20-15-7-9-16(10-8-15)25(23,24)19-12-17(22)18-11-14-5-3-2-4-6-14/h2-10,19H,11-12H2,1H3,(H,18,22)(H,20,21). The first-order valence-electron chi connectivity index (χ1n) is 7.55. The summed E-state index contributed by atoms with van der Waals surface area (Å²) in [6, 6.07) is 15.0. The van der Waals surface area contributed by atoms with Crippen LogP contribution in [0.2, 0.25) is 0 Å². The lowest BCUT2D eigenvalue weighted by Crippen LogP contribution is -2.36. The summed E-state index contributed by atoms with van der Waals surface area (Å²) in [6.45, 7) is 1.33. The summed E-state index contributed by atoms with van der Waals surface area (Å²) in [6.07, 6.45) is 0. The molecule has 0 aliphatic heterocycles. The molecule has 0 aliphatic carbocycles. The SMILES string of the molecule is CC(=O)Nc1ccc(S(=O)(=O)NCC(=O)NCc2ccccc2)cc1. The highest BCUT2D eigenvalue weighted by atomic mass is 32.2. The van der Waals surface area contributed by atoms with E-state index in [-0.39, 0.29) is 17.3 Å². The second kappa shape index (κ2) is 8.41. The first-order valence-corrected chi connectivity index (χ1v) is 9.03. The molecule has 0 fully saturated rings. The lowest BCUT2D eigenvalue weighted by atomic mass is 10.2. The lowest BCUT2D eigenvalue weighted by molar-refractivity contribution is -0.120. The van der Waals surface area contributed by atoms with E-state index in [0.717, 1.165) is 5.56 Å². The number of amides is 2. The highest BCUT2D eigenvalue weighted by Crippen LogP contribution is 2.13. The van der Waals surface area contributed by atoms with E-state index in [0.29, 0.717) is 12.2 Å². The summed E-state index contributed by atoms with van der Waals surface area (Å²) < 4.78 is 26.6. The van der Waals surface area contributed by atoms with Gasteiger partial charge in [-0.25, -0.2) is 13.1 Å². The zero-order valence-corrected chi connectivity index (χ0v) is 14.5. The van der Waals surface area contributed by atoms with E-state index in [1.165, 1.54) is 31.2 Å². The van der Waals surface area contributed by atoms with Gasteiger partial charge in [0.1, 0.15) is 0 Å². The number of rotatable bonds is 7. The molecule has 2 rings (SSSR count). The third-order valence-electron chi connectivity index (χ3n) is 3.24. The van der Waals surface area contributed by atoms with Crippen molar-refractivity contribution in [2.75, 3.05) is 11.9 Å². The Kier molecular flexibility index (Phi) is 6.26. The molecule has 25 heavy (non-hydrogen) atoms. The molecule has 2 aromatic carbocycles. The largest absolute Gasteiger partial charge is 0.351 e. The topological polar surface area (TPSA) is 104 Å². The lowest BCUT2D eigenvalue weighted by Gasteiger charge is -2.09. The Balaban J connectivity index is 1.88. The van der Waals surface area contributed by atoms with Gasteiger partial charge in [-0.2, -0.15) is 0 Å². The van der Waals surface area contributed by atoms with Gasteiger partial charge in [0, 0.05) is 19.2 Å². The molecule has 132 valence electrons. The van der Waals surface area contributed by atoms with Crippen LogP contribution < -0.4 is 15.4 Å². The van der Waals surface area contributed by atoms with E-state index in [1.807, 2.05) is 30.3 Å². The Morgan fingerprint density at radius 3 is 2.20 bits per heavy atom. The second-order valence-electron chi connectivity index (χ2n) is 5.29. The summed E-state index contributed by atoms with van der Waals surface area (Å²) >= 11 is 0. The molecule has 3 N–H and O–H groups in total. The average molecular weight is 361 g/mol. The van der Waals surface area contributed by atoms with E-state index in [1.54, 1.807) is 0 Å². The Morgan fingerprint density at radius 2 is 1.60 bits per heavy atom. The van der Waals surface area contributed by atoms with Gasteiger partial charge in [-0.05, 0) is 29.8 Å². The molecule has 7 nitrogen and oxygen atoms in total. The molecule has 0 aliphatic rings. The van der Waals surface area contributed by atoms with Gasteiger partial charge in [-0.15, -0.1) is 0 Å². The molecule has 0 unspecified atom stereocenters. The van der Waals surface area contributed by atoms with E-state index in [9.17, 15) is 18.0 Å². The predicted molar refractivity (Wildman–Crippen MR) is 94.2 cm³/mol. The highest BCUT2D eigenvalue weighted by molar-refractivity contribution is 7.89. The molecular weight excluding hydrogens is 342 g/mol. The zero-order valence-electron chi connectivity index (χ0n) is 13.7. The van der Waals surface area contributed by atoms with Crippen molar-refractivity contribution in [2.45, 2.75) is 18.4 Å². The van der Waals surface area contributed by atoms with Crippen LogP contribution in [0, 0.1) is 0 Å². The fourth-order valence-corrected chi connectivity index (χ4v) is 3.01. The number of carbonyl (C=O) groups is 2. The van der Waals surface area contributed by atoms with Crippen molar-refractivity contribution >= 4 is 27.5 Å². The fourth-order valence-electron chi connectivity index (χ4n) is 2.02. The Bertz CT molecular complexity index is 834. The first kappa shape index (κ1) is 18.6. The van der Waals surface area contributed by atoms with E-state index >= 15 is 0 Å². The average Bonchev–Trinajstić information content (AvgIpc) is 2.59. The summed E-state index contributed by atoms with van der Waals surface area (Å²) in [5, 5.41) is 5.19. The Morgan fingerprint density at radius 1 is 0.960 bits per heavy atom. The molecule has 2 amide bonds. The molecule has 0 aromatic heterocycles. The minimum atomic E-state index is -3.81. The molecule has 8 heteroatoms. The fraction of sp³-hybridized carbons (Fsp3) is 0.176. The van der Waals surface area contributed by atoms with E-state index in [4.69, 9.17) is 0 Å². The van der Waals surface area contributed by atoms with Crippen LogP contribution in [-0.4, -0.2) is 26.8 Å². The van der Waals surface area contributed by atoms with Gasteiger partial charge in [0.2, 0.25) is 21.8 Å². The summed E-state index contributed by atoms with van der Waals surface area (Å²) in [7, 11) is -3.81. The van der Waals surface area contributed by atoms with Crippen molar-refractivity contribution in [3.8, 4) is 0 Å². The summed E-state index contributed by atoms with van der Waals surface area (Å²) in [5.41, 5.74) is 1.42. The van der Waals surface area contributed by atoms with Crippen molar-refractivity contribution in [3.63, 3.8) is 0 Å². The normalized spacial score (nSPS) is 10.9. The van der Waals surface area contributed by atoms with Crippen LogP contribution in [0.4, 0.5) is 5.69 Å². The van der Waals surface area contributed by atoms with Crippen LogP contribution in [0.15, 0.2) is 59.5 Å². The van der Waals surface area contributed by atoms with Crippen LogP contribution in [-0.2, 0) is 26.2 Å². The third kappa shape index (κ3) is 6.02. The van der Waals surface area contributed by atoms with Gasteiger partial charge in [0.15, 0.2) is 0 Å². The predicted octanol–water partition coefficient (Wildman–Crippen LogP) is 1.24. The van der Waals surface area contributed by atoms with Crippen LogP contribution >= 0.6 is 0 Å². The molecule has 0 atom stereocenters. The number of nitrogens with one attached hydrogen (secondary N) is 3. The van der Waals surface area contributed by atoms with Crippen LogP contribution in [0.3, 0.4) is 0 Å². The maximum Gasteiger partial charge on any atom is 0.241 e. The van der Waals surface area contributed by atoms with Crippen molar-refractivity contribution in [1.29, 1.82) is 0 Å². The minimum absolute atomic E-state index is 0.0115. The molecular formula is C17H19N3O4S. The van der Waals surface area contributed by atoms with Crippen molar-refractivity contribution < 1.29 is 18.0 Å². The zero-order chi connectivity index (χ0) is 18.3. The summed E-state index contributed by atoms with van der Waals surface area (Å²) in [4.78, 5) is 22.7. The number of hydrogen-bond acceptors (Lipinski definition) is 4. The van der Waals surface area contributed by atoms with Crippen LogP contribution in [0.1, 0.15) is 12.5 Å². The van der Waals surface area contributed by atoms with E-state index < -0.39 is 15.9 Å². The monoisotopic (exact) mass is 361 g/mol. The maximum absolute atomic E-state index is 12.2. The van der Waals surface area contributed by atoms with E-state index in [2.05, 4.69) is 15.4 Å². The smallest absolute Gasteiger partial charge is 0.241 e. The quantitative estimate of drug-likeness (QED) is 0.690. The molecule has 0 spiro atoms. The molecule has 0 heterocycles. The Hall–Kier alpha value is -2.71. The van der Waals surface area contributed by atoms with Gasteiger partial charge in [-0.3, -0.25) is 9.59 Å². The van der Waals surface area contributed by atoms with Crippen LogP contribution in [0.25, 0.3) is 0 Å². The first-order chi connectivity index (χ1) is 11.9. The van der Waals surface area contributed by atoms with Gasteiger partial charge >= 0.3 is 0 Å². The highest BCUT2D eigenvalue weighted by Gasteiger charge is 2.15. The Labute approximate surface area is 146 Å². The summed E-state index contributed by atoms with van der Waals surface area (Å²) in [5.74, 6) is -0.675. The third-order valence-corrected chi connectivity index (χ3v) is 4.66. The van der Waals surface area contributed by atoms with Crippen LogP contribution in [0.5, 0.6) is 0 Å². The minimum Gasteiger partial charge on any atom is -0.351 e. The van der Waals surface area contributed by atoms with Crippen molar-refractivity contribution in [2.24, 2.45) is 0 Å². The molecule has 0 bridgehead atoms. The molecule has 0 radical (unpaired) electrons. The number of carbonyl (C=O) groups excluding carboxylic acids is 2. The van der Waals surface area contributed by atoms with Gasteiger partial charge in [0.05, 0.1) is 11.4 Å². The number of anilines is 1. The molecule has 0 saturated carbocycles.